The number of thioether (sulfide) groups is 1. The van der Waals surface area contributed by atoms with Crippen LogP contribution in [-0.2, 0) is 0 Å². The van der Waals surface area contributed by atoms with Gasteiger partial charge in [-0.25, -0.2) is 4.98 Å². The molecule has 0 saturated heterocycles. The Hall–Kier alpha value is -0.480. The summed E-state index contributed by atoms with van der Waals surface area (Å²) in [5.41, 5.74) is 5.94. The Morgan fingerprint density at radius 1 is 1.57 bits per heavy atom. The molecule has 0 aromatic carbocycles. The minimum atomic E-state index is 0.281. The van der Waals surface area contributed by atoms with Gasteiger partial charge in [-0.1, -0.05) is 25.6 Å². The normalized spacial score (nSPS) is 11.9. The maximum atomic E-state index is 5.66. The predicted octanol–water partition coefficient (Wildman–Crippen LogP) is 2.27. The van der Waals surface area contributed by atoms with Crippen molar-refractivity contribution in [2.75, 3.05) is 12.3 Å². The van der Waals surface area contributed by atoms with Crippen LogP contribution in [0.5, 0.6) is 0 Å². The van der Waals surface area contributed by atoms with E-state index in [2.05, 4.69) is 23.8 Å². The molecule has 1 aromatic heterocycles. The molecule has 14 heavy (non-hydrogen) atoms. The fourth-order valence-corrected chi connectivity index (χ4v) is 1.92. The Morgan fingerprint density at radius 3 is 2.93 bits per heavy atom. The van der Waals surface area contributed by atoms with Crippen molar-refractivity contribution in [3.63, 3.8) is 0 Å². The van der Waals surface area contributed by atoms with Crippen LogP contribution in [0.2, 0.25) is 0 Å². The number of rotatable bonds is 6. The number of nitrogens with zero attached hydrogens (tertiary/aromatic N) is 1. The third-order valence-electron chi connectivity index (χ3n) is 2.26. The monoisotopic (exact) mass is 213 g/mol. The predicted molar refractivity (Wildman–Crippen MR) is 61.4 cm³/mol. The molecule has 1 rings (SSSR count). The molecular formula is C10H19N3S. The fourth-order valence-electron chi connectivity index (χ4n) is 1.15. The Labute approximate surface area is 89.9 Å². The minimum Gasteiger partial charge on any atom is -0.340 e. The number of H-pyrrole nitrogens is 1. The SMILES string of the molecule is CC(C)(CN)CCCSc1ncc[nH]1. The van der Waals surface area contributed by atoms with Crippen LogP contribution >= 0.6 is 11.8 Å². The van der Waals surface area contributed by atoms with Gasteiger partial charge in [-0.15, -0.1) is 0 Å². The van der Waals surface area contributed by atoms with E-state index in [1.165, 1.54) is 12.8 Å². The molecule has 0 amide bonds. The van der Waals surface area contributed by atoms with E-state index in [0.717, 1.165) is 17.5 Å². The third kappa shape index (κ3) is 4.15. The third-order valence-corrected chi connectivity index (χ3v) is 3.25. The van der Waals surface area contributed by atoms with Crippen molar-refractivity contribution >= 4 is 11.8 Å². The van der Waals surface area contributed by atoms with Crippen LogP contribution < -0.4 is 5.73 Å². The van der Waals surface area contributed by atoms with Crippen molar-refractivity contribution in [2.24, 2.45) is 11.1 Å². The molecule has 0 unspecified atom stereocenters. The Kier molecular flexibility index (Phi) is 4.48. The average molecular weight is 213 g/mol. The highest BCUT2D eigenvalue weighted by atomic mass is 32.2. The van der Waals surface area contributed by atoms with Crippen LogP contribution in [-0.4, -0.2) is 22.3 Å². The molecule has 3 N–H and O–H groups in total. The standard InChI is InChI=1S/C10H19N3S/c1-10(2,8-11)4-3-7-14-9-12-5-6-13-9/h5-6H,3-4,7-8,11H2,1-2H3,(H,12,13). The Bertz CT molecular complexity index is 244. The first-order chi connectivity index (χ1) is 6.64. The number of hydrogen-bond acceptors (Lipinski definition) is 3. The molecule has 0 bridgehead atoms. The maximum Gasteiger partial charge on any atom is 0.165 e. The van der Waals surface area contributed by atoms with Crippen LogP contribution in [0.3, 0.4) is 0 Å². The summed E-state index contributed by atoms with van der Waals surface area (Å²) in [6.07, 6.45) is 6.01. The summed E-state index contributed by atoms with van der Waals surface area (Å²) < 4.78 is 0. The van der Waals surface area contributed by atoms with Gasteiger partial charge in [-0.2, -0.15) is 0 Å². The van der Waals surface area contributed by atoms with E-state index in [1.807, 2.05) is 6.20 Å². The molecule has 0 aliphatic heterocycles. The molecule has 0 saturated carbocycles. The van der Waals surface area contributed by atoms with Gasteiger partial charge in [-0.3, -0.25) is 0 Å². The van der Waals surface area contributed by atoms with Gasteiger partial charge in [0.05, 0.1) is 0 Å². The van der Waals surface area contributed by atoms with Gasteiger partial charge in [0, 0.05) is 18.1 Å². The lowest BCUT2D eigenvalue weighted by Gasteiger charge is -2.21. The van der Waals surface area contributed by atoms with E-state index in [1.54, 1.807) is 18.0 Å². The van der Waals surface area contributed by atoms with Crippen molar-refractivity contribution in [3.8, 4) is 0 Å². The van der Waals surface area contributed by atoms with Crippen LogP contribution in [0.1, 0.15) is 26.7 Å². The highest BCUT2D eigenvalue weighted by molar-refractivity contribution is 7.99. The summed E-state index contributed by atoms with van der Waals surface area (Å²) in [6.45, 7) is 5.19. The number of nitrogens with two attached hydrogens (primary N) is 1. The minimum absolute atomic E-state index is 0.281. The zero-order chi connectivity index (χ0) is 10.4. The topological polar surface area (TPSA) is 54.7 Å². The van der Waals surface area contributed by atoms with Crippen LogP contribution in [0.15, 0.2) is 17.6 Å². The van der Waals surface area contributed by atoms with Gasteiger partial charge in [0.15, 0.2) is 5.16 Å². The van der Waals surface area contributed by atoms with Crippen molar-refractivity contribution in [1.29, 1.82) is 0 Å². The quantitative estimate of drug-likeness (QED) is 0.563. The van der Waals surface area contributed by atoms with Gasteiger partial charge in [0.1, 0.15) is 0 Å². The molecular weight excluding hydrogens is 194 g/mol. The second-order valence-corrected chi connectivity index (χ2v) is 5.30. The molecule has 0 aliphatic carbocycles. The first-order valence-corrected chi connectivity index (χ1v) is 5.95. The highest BCUT2D eigenvalue weighted by Crippen LogP contribution is 2.23. The van der Waals surface area contributed by atoms with E-state index in [0.29, 0.717) is 0 Å². The molecule has 1 heterocycles. The molecule has 0 spiro atoms. The molecule has 1 aromatic rings. The Balaban J connectivity index is 2.11. The first-order valence-electron chi connectivity index (χ1n) is 4.96. The lowest BCUT2D eigenvalue weighted by Crippen LogP contribution is -2.23. The van der Waals surface area contributed by atoms with Gasteiger partial charge in [-0.05, 0) is 24.8 Å². The molecule has 4 heteroatoms. The van der Waals surface area contributed by atoms with Crippen LogP contribution in [0.25, 0.3) is 0 Å². The molecule has 80 valence electrons. The second kappa shape index (κ2) is 5.41. The number of aromatic amines is 1. The number of aromatic nitrogens is 2. The van der Waals surface area contributed by atoms with Crippen molar-refractivity contribution in [1.82, 2.24) is 9.97 Å². The van der Waals surface area contributed by atoms with E-state index in [-0.39, 0.29) is 5.41 Å². The van der Waals surface area contributed by atoms with E-state index >= 15 is 0 Å². The summed E-state index contributed by atoms with van der Waals surface area (Å²) >= 11 is 1.77. The van der Waals surface area contributed by atoms with Crippen LogP contribution in [0, 0.1) is 5.41 Å². The summed E-state index contributed by atoms with van der Waals surface area (Å²) in [7, 11) is 0. The highest BCUT2D eigenvalue weighted by Gasteiger charge is 2.14. The summed E-state index contributed by atoms with van der Waals surface area (Å²) in [5.74, 6) is 1.11. The number of nitrogens with one attached hydrogen (secondary N) is 1. The summed E-state index contributed by atoms with van der Waals surface area (Å²) in [6, 6.07) is 0. The molecule has 0 radical (unpaired) electrons. The zero-order valence-corrected chi connectivity index (χ0v) is 9.73. The molecule has 3 nitrogen and oxygen atoms in total. The van der Waals surface area contributed by atoms with Crippen molar-refractivity contribution in [2.45, 2.75) is 31.8 Å². The lowest BCUT2D eigenvalue weighted by molar-refractivity contribution is 0.345. The average Bonchev–Trinajstić information content (AvgIpc) is 2.65. The Morgan fingerprint density at radius 2 is 2.36 bits per heavy atom. The van der Waals surface area contributed by atoms with Gasteiger partial charge in [0.2, 0.25) is 0 Å². The summed E-state index contributed by atoms with van der Waals surface area (Å²) in [4.78, 5) is 7.23. The largest absolute Gasteiger partial charge is 0.340 e. The first kappa shape index (κ1) is 11.6. The molecule has 0 aliphatic rings. The van der Waals surface area contributed by atoms with Gasteiger partial charge in [0.25, 0.3) is 0 Å². The maximum absolute atomic E-state index is 5.66. The fraction of sp³-hybridized carbons (Fsp3) is 0.700. The number of hydrogen-bond donors (Lipinski definition) is 2. The van der Waals surface area contributed by atoms with Gasteiger partial charge >= 0.3 is 0 Å². The van der Waals surface area contributed by atoms with Crippen LogP contribution in [0.4, 0.5) is 0 Å². The summed E-state index contributed by atoms with van der Waals surface area (Å²) in [5, 5.41) is 1.01. The van der Waals surface area contributed by atoms with Gasteiger partial charge < -0.3 is 10.7 Å². The number of imidazole rings is 1. The smallest absolute Gasteiger partial charge is 0.165 e. The zero-order valence-electron chi connectivity index (χ0n) is 8.92. The molecule has 0 fully saturated rings. The molecule has 0 atom stereocenters. The van der Waals surface area contributed by atoms with Crippen molar-refractivity contribution < 1.29 is 0 Å². The van der Waals surface area contributed by atoms with E-state index in [4.69, 9.17) is 5.73 Å². The lowest BCUT2D eigenvalue weighted by atomic mass is 9.88. The van der Waals surface area contributed by atoms with Crippen molar-refractivity contribution in [3.05, 3.63) is 12.4 Å². The second-order valence-electron chi connectivity index (χ2n) is 4.21. The van der Waals surface area contributed by atoms with E-state index < -0.39 is 0 Å². The van der Waals surface area contributed by atoms with E-state index in [9.17, 15) is 0 Å².